The molecular weight excluding hydrogens is 210 g/mol. The fourth-order valence-corrected chi connectivity index (χ4v) is 2.77. The lowest BCUT2D eigenvalue weighted by molar-refractivity contribution is 0.148. The number of fused-ring (bicyclic) bond motifs is 1. The van der Waals surface area contributed by atoms with Crippen molar-refractivity contribution in [2.45, 2.75) is 19.0 Å². The van der Waals surface area contributed by atoms with E-state index in [1.54, 1.807) is 0 Å². The third-order valence-electron chi connectivity index (χ3n) is 3.80. The van der Waals surface area contributed by atoms with Crippen molar-refractivity contribution in [1.82, 2.24) is 9.80 Å². The number of likely N-dealkylation sites (N-methyl/N-ethyl adjacent to an activating group) is 2. The normalized spacial score (nSPS) is 25.1. The van der Waals surface area contributed by atoms with E-state index in [4.69, 9.17) is 5.73 Å². The molecule has 0 spiro atoms. The monoisotopic (exact) mass is 233 g/mol. The maximum Gasteiger partial charge on any atom is 0.0472 e. The predicted molar refractivity (Wildman–Crippen MR) is 72.0 cm³/mol. The number of nitrogens with zero attached hydrogens (tertiary/aromatic N) is 2. The minimum absolute atomic E-state index is 0.362. The van der Waals surface area contributed by atoms with Crippen LogP contribution in [0.1, 0.15) is 28.8 Å². The summed E-state index contributed by atoms with van der Waals surface area (Å²) in [6.45, 7) is 3.88. The van der Waals surface area contributed by atoms with Gasteiger partial charge in [0, 0.05) is 25.2 Å². The lowest BCUT2D eigenvalue weighted by Gasteiger charge is -2.41. The zero-order chi connectivity index (χ0) is 12.6. The maximum atomic E-state index is 5.92. The Morgan fingerprint density at radius 3 is 2.65 bits per heavy atom. The lowest BCUT2D eigenvalue weighted by atomic mass is 9.88. The molecule has 0 radical (unpaired) electrons. The molecule has 1 aliphatic rings. The Morgan fingerprint density at radius 1 is 1.35 bits per heavy atom. The number of hydrogen-bond donors (Lipinski definition) is 1. The van der Waals surface area contributed by atoms with E-state index < -0.39 is 0 Å². The summed E-state index contributed by atoms with van der Waals surface area (Å²) in [6.07, 6.45) is 0. The highest BCUT2D eigenvalue weighted by atomic mass is 15.2. The summed E-state index contributed by atoms with van der Waals surface area (Å²) in [5.41, 5.74) is 10.1. The van der Waals surface area contributed by atoms with E-state index in [1.165, 1.54) is 16.7 Å². The van der Waals surface area contributed by atoms with Crippen LogP contribution in [0.2, 0.25) is 0 Å². The van der Waals surface area contributed by atoms with Crippen LogP contribution in [0, 0.1) is 6.92 Å². The standard InChI is InChI=1S/C14H23N3/c1-10-5-6-11-12(7-10)13(8-15)17(4)9-14(11)16(2)3/h5-7,13-14H,8-9,15H2,1-4H3. The van der Waals surface area contributed by atoms with Crippen LogP contribution in [-0.4, -0.2) is 44.0 Å². The molecule has 0 saturated heterocycles. The van der Waals surface area contributed by atoms with Crippen LogP contribution in [-0.2, 0) is 0 Å². The van der Waals surface area contributed by atoms with E-state index in [9.17, 15) is 0 Å². The highest BCUT2D eigenvalue weighted by Crippen LogP contribution is 2.35. The summed E-state index contributed by atoms with van der Waals surface area (Å²) in [5, 5.41) is 0. The Labute approximate surface area is 104 Å². The molecule has 2 unspecified atom stereocenters. The predicted octanol–water partition coefficient (Wildman–Crippen LogP) is 1.54. The molecule has 1 aromatic rings. The van der Waals surface area contributed by atoms with Gasteiger partial charge in [-0.2, -0.15) is 0 Å². The van der Waals surface area contributed by atoms with Crippen molar-refractivity contribution in [3.63, 3.8) is 0 Å². The highest BCUT2D eigenvalue weighted by molar-refractivity contribution is 5.38. The second-order valence-corrected chi connectivity index (χ2v) is 5.30. The zero-order valence-corrected chi connectivity index (χ0v) is 11.3. The van der Waals surface area contributed by atoms with Crippen molar-refractivity contribution in [3.05, 3.63) is 34.9 Å². The van der Waals surface area contributed by atoms with Gasteiger partial charge < -0.3 is 10.6 Å². The first-order valence-corrected chi connectivity index (χ1v) is 6.21. The van der Waals surface area contributed by atoms with Crippen molar-refractivity contribution in [3.8, 4) is 0 Å². The van der Waals surface area contributed by atoms with E-state index in [2.05, 4.69) is 56.1 Å². The van der Waals surface area contributed by atoms with E-state index in [0.29, 0.717) is 18.6 Å². The number of rotatable bonds is 2. The molecule has 1 aromatic carbocycles. The smallest absolute Gasteiger partial charge is 0.0472 e. The molecule has 3 heteroatoms. The number of hydrogen-bond acceptors (Lipinski definition) is 3. The third-order valence-corrected chi connectivity index (χ3v) is 3.80. The van der Waals surface area contributed by atoms with Gasteiger partial charge in [-0.05, 0) is 39.2 Å². The van der Waals surface area contributed by atoms with Gasteiger partial charge >= 0.3 is 0 Å². The van der Waals surface area contributed by atoms with Gasteiger partial charge in [-0.15, -0.1) is 0 Å². The van der Waals surface area contributed by atoms with Gasteiger partial charge in [0.05, 0.1) is 0 Å². The molecule has 0 aromatic heterocycles. The molecule has 3 nitrogen and oxygen atoms in total. The number of nitrogens with two attached hydrogens (primary N) is 1. The van der Waals surface area contributed by atoms with E-state index in [0.717, 1.165) is 6.54 Å². The molecule has 17 heavy (non-hydrogen) atoms. The summed E-state index contributed by atoms with van der Waals surface area (Å²) in [4.78, 5) is 4.66. The Bertz CT molecular complexity index is 400. The topological polar surface area (TPSA) is 32.5 Å². The Balaban J connectivity index is 2.50. The second-order valence-electron chi connectivity index (χ2n) is 5.30. The van der Waals surface area contributed by atoms with E-state index in [-0.39, 0.29) is 0 Å². The molecule has 0 bridgehead atoms. The quantitative estimate of drug-likeness (QED) is 0.841. The molecule has 0 fully saturated rings. The molecule has 1 aliphatic heterocycles. The van der Waals surface area contributed by atoms with Crippen molar-refractivity contribution in [2.75, 3.05) is 34.2 Å². The molecule has 0 saturated carbocycles. The molecule has 2 rings (SSSR count). The molecular formula is C14H23N3. The number of aryl methyl sites for hydroxylation is 1. The fourth-order valence-electron chi connectivity index (χ4n) is 2.77. The summed E-state index contributed by atoms with van der Waals surface area (Å²) in [5.74, 6) is 0. The van der Waals surface area contributed by atoms with Gasteiger partial charge in [-0.1, -0.05) is 23.8 Å². The SMILES string of the molecule is Cc1ccc2c(c1)C(CN)N(C)CC2N(C)C. The van der Waals surface area contributed by atoms with Crippen LogP contribution >= 0.6 is 0 Å². The van der Waals surface area contributed by atoms with Crippen molar-refractivity contribution >= 4 is 0 Å². The van der Waals surface area contributed by atoms with Crippen molar-refractivity contribution < 1.29 is 0 Å². The molecule has 2 atom stereocenters. The lowest BCUT2D eigenvalue weighted by Crippen LogP contribution is -2.42. The average Bonchev–Trinajstić information content (AvgIpc) is 2.27. The maximum absolute atomic E-state index is 5.92. The first kappa shape index (κ1) is 12.6. The first-order valence-electron chi connectivity index (χ1n) is 6.21. The van der Waals surface area contributed by atoms with Crippen LogP contribution < -0.4 is 5.73 Å². The van der Waals surface area contributed by atoms with Crippen LogP contribution in [0.4, 0.5) is 0 Å². The second kappa shape index (κ2) is 4.77. The largest absolute Gasteiger partial charge is 0.329 e. The van der Waals surface area contributed by atoms with Gasteiger partial charge in [0.1, 0.15) is 0 Å². The Morgan fingerprint density at radius 2 is 2.06 bits per heavy atom. The van der Waals surface area contributed by atoms with Gasteiger partial charge in [0.15, 0.2) is 0 Å². The Hall–Kier alpha value is -0.900. The fraction of sp³-hybridized carbons (Fsp3) is 0.571. The average molecular weight is 233 g/mol. The summed E-state index contributed by atoms with van der Waals surface area (Å²) in [6, 6.07) is 7.60. The molecule has 94 valence electrons. The van der Waals surface area contributed by atoms with Gasteiger partial charge in [-0.25, -0.2) is 0 Å². The third kappa shape index (κ3) is 2.23. The first-order chi connectivity index (χ1) is 8.04. The van der Waals surface area contributed by atoms with Crippen LogP contribution in [0.15, 0.2) is 18.2 Å². The minimum Gasteiger partial charge on any atom is -0.329 e. The van der Waals surface area contributed by atoms with Gasteiger partial charge in [0.2, 0.25) is 0 Å². The zero-order valence-electron chi connectivity index (χ0n) is 11.3. The molecule has 0 aliphatic carbocycles. The van der Waals surface area contributed by atoms with Crippen LogP contribution in [0.25, 0.3) is 0 Å². The molecule has 1 heterocycles. The highest BCUT2D eigenvalue weighted by Gasteiger charge is 2.31. The minimum atomic E-state index is 0.362. The summed E-state index contributed by atoms with van der Waals surface area (Å²) in [7, 11) is 6.45. The van der Waals surface area contributed by atoms with Crippen LogP contribution in [0.5, 0.6) is 0 Å². The Kier molecular flexibility index (Phi) is 3.52. The number of benzene rings is 1. The van der Waals surface area contributed by atoms with Gasteiger partial charge in [-0.3, -0.25) is 4.90 Å². The molecule has 2 N–H and O–H groups in total. The van der Waals surface area contributed by atoms with Crippen molar-refractivity contribution in [1.29, 1.82) is 0 Å². The molecule has 0 amide bonds. The van der Waals surface area contributed by atoms with E-state index >= 15 is 0 Å². The summed E-state index contributed by atoms with van der Waals surface area (Å²) < 4.78 is 0. The van der Waals surface area contributed by atoms with Crippen LogP contribution in [0.3, 0.4) is 0 Å². The van der Waals surface area contributed by atoms with E-state index in [1.807, 2.05) is 0 Å². The van der Waals surface area contributed by atoms with Gasteiger partial charge in [0.25, 0.3) is 0 Å². The summed E-state index contributed by atoms with van der Waals surface area (Å²) >= 11 is 0. The van der Waals surface area contributed by atoms with Crippen molar-refractivity contribution in [2.24, 2.45) is 5.73 Å².